The van der Waals surface area contributed by atoms with Gasteiger partial charge in [-0.15, -0.1) is 22.7 Å². The maximum absolute atomic E-state index is 5.66. The number of ether oxygens (including phenoxy) is 1. The summed E-state index contributed by atoms with van der Waals surface area (Å²) in [6.45, 7) is 4.14. The van der Waals surface area contributed by atoms with Crippen molar-refractivity contribution in [2.24, 2.45) is 0 Å². The van der Waals surface area contributed by atoms with Gasteiger partial charge in [-0.05, 0) is 47.9 Å². The van der Waals surface area contributed by atoms with Crippen molar-refractivity contribution < 1.29 is 4.74 Å². The van der Waals surface area contributed by atoms with Crippen LogP contribution in [0.15, 0.2) is 22.9 Å². The summed E-state index contributed by atoms with van der Waals surface area (Å²) in [4.78, 5) is 0. The molecule has 0 atom stereocenters. The highest BCUT2D eigenvalue weighted by atomic mass is 32.1. The third-order valence-corrected chi connectivity index (χ3v) is 3.46. The van der Waals surface area contributed by atoms with Crippen LogP contribution in [0.1, 0.15) is 11.1 Å². The maximum Gasteiger partial charge on any atom is 0.182 e. The number of hydrogen-bond acceptors (Lipinski definition) is 3. The second-order valence-electron chi connectivity index (χ2n) is 2.99. The van der Waals surface area contributed by atoms with Crippen LogP contribution in [-0.4, -0.2) is 0 Å². The smallest absolute Gasteiger partial charge is 0.182 e. The van der Waals surface area contributed by atoms with Crippen LogP contribution in [0.5, 0.6) is 10.1 Å². The molecule has 2 heterocycles. The summed E-state index contributed by atoms with van der Waals surface area (Å²) >= 11 is 3.28. The van der Waals surface area contributed by atoms with E-state index in [1.807, 2.05) is 0 Å². The van der Waals surface area contributed by atoms with Crippen LogP contribution in [0, 0.1) is 13.8 Å². The van der Waals surface area contributed by atoms with Crippen LogP contribution in [-0.2, 0) is 0 Å². The SMILES string of the molecule is Cc1csc(Oc2cc(C)cs2)c1. The van der Waals surface area contributed by atoms with Crippen molar-refractivity contribution in [3.8, 4) is 10.1 Å². The van der Waals surface area contributed by atoms with Crippen molar-refractivity contribution in [2.75, 3.05) is 0 Å². The van der Waals surface area contributed by atoms with Crippen molar-refractivity contribution in [3.63, 3.8) is 0 Å². The molecule has 2 aromatic rings. The van der Waals surface area contributed by atoms with Crippen molar-refractivity contribution in [2.45, 2.75) is 13.8 Å². The number of thiophene rings is 2. The summed E-state index contributed by atoms with van der Waals surface area (Å²) < 4.78 is 5.66. The summed E-state index contributed by atoms with van der Waals surface area (Å²) in [6.07, 6.45) is 0. The quantitative estimate of drug-likeness (QED) is 0.721. The third kappa shape index (κ3) is 2.11. The lowest BCUT2D eigenvalue weighted by atomic mass is 10.4. The predicted octanol–water partition coefficient (Wildman–Crippen LogP) is 4.22. The van der Waals surface area contributed by atoms with Gasteiger partial charge in [0.05, 0.1) is 0 Å². The van der Waals surface area contributed by atoms with Crippen molar-refractivity contribution in [1.29, 1.82) is 0 Å². The van der Waals surface area contributed by atoms with Crippen LogP contribution in [0.25, 0.3) is 0 Å². The molecule has 0 aromatic carbocycles. The molecule has 0 saturated carbocycles. The van der Waals surface area contributed by atoms with Gasteiger partial charge in [0, 0.05) is 0 Å². The van der Waals surface area contributed by atoms with E-state index < -0.39 is 0 Å². The highest BCUT2D eigenvalue weighted by molar-refractivity contribution is 7.13. The molecule has 0 amide bonds. The van der Waals surface area contributed by atoms with Gasteiger partial charge in [-0.1, -0.05) is 0 Å². The molecule has 0 radical (unpaired) electrons. The Kier molecular flexibility index (Phi) is 2.38. The van der Waals surface area contributed by atoms with E-state index in [0.717, 1.165) is 10.1 Å². The zero-order valence-corrected chi connectivity index (χ0v) is 9.17. The Morgan fingerprint density at radius 2 is 1.38 bits per heavy atom. The van der Waals surface area contributed by atoms with Gasteiger partial charge in [0.1, 0.15) is 0 Å². The molecule has 0 saturated heterocycles. The summed E-state index contributed by atoms with van der Waals surface area (Å²) in [5.74, 6) is 0. The highest BCUT2D eigenvalue weighted by Gasteiger charge is 2.01. The Hall–Kier alpha value is -0.800. The molecular weight excluding hydrogens is 200 g/mol. The minimum atomic E-state index is 0.972. The maximum atomic E-state index is 5.66. The van der Waals surface area contributed by atoms with E-state index in [-0.39, 0.29) is 0 Å². The second-order valence-corrected chi connectivity index (χ2v) is 4.74. The Balaban J connectivity index is 2.14. The van der Waals surface area contributed by atoms with E-state index in [4.69, 9.17) is 4.74 Å². The fourth-order valence-electron chi connectivity index (χ4n) is 1.02. The average molecular weight is 210 g/mol. The first-order chi connectivity index (χ1) is 6.24. The fraction of sp³-hybridized carbons (Fsp3) is 0.200. The van der Waals surface area contributed by atoms with Gasteiger partial charge in [0.2, 0.25) is 0 Å². The molecular formula is C10H10OS2. The van der Waals surface area contributed by atoms with E-state index in [2.05, 4.69) is 36.7 Å². The van der Waals surface area contributed by atoms with Crippen LogP contribution < -0.4 is 4.74 Å². The Morgan fingerprint density at radius 1 is 0.923 bits per heavy atom. The number of aryl methyl sites for hydroxylation is 2. The van der Waals surface area contributed by atoms with Crippen molar-refractivity contribution in [3.05, 3.63) is 34.0 Å². The van der Waals surface area contributed by atoms with Crippen LogP contribution in [0.4, 0.5) is 0 Å². The Labute approximate surface area is 85.6 Å². The molecule has 0 fully saturated rings. The van der Waals surface area contributed by atoms with Gasteiger partial charge in [0.25, 0.3) is 0 Å². The van der Waals surface area contributed by atoms with E-state index in [1.165, 1.54) is 11.1 Å². The topological polar surface area (TPSA) is 9.23 Å². The van der Waals surface area contributed by atoms with Gasteiger partial charge in [0.15, 0.2) is 10.1 Å². The molecule has 3 heteroatoms. The summed E-state index contributed by atoms with van der Waals surface area (Å²) in [5, 5.41) is 6.13. The lowest BCUT2D eigenvalue weighted by Gasteiger charge is -1.95. The van der Waals surface area contributed by atoms with Gasteiger partial charge in [-0.3, -0.25) is 0 Å². The lowest BCUT2D eigenvalue weighted by Crippen LogP contribution is -1.74. The summed E-state index contributed by atoms with van der Waals surface area (Å²) in [5.41, 5.74) is 2.52. The van der Waals surface area contributed by atoms with E-state index in [0.29, 0.717) is 0 Å². The molecule has 0 spiro atoms. The number of rotatable bonds is 2. The first kappa shape index (κ1) is 8.78. The second kappa shape index (κ2) is 3.52. The Bertz CT molecular complexity index is 362. The van der Waals surface area contributed by atoms with Crippen molar-refractivity contribution >= 4 is 22.7 Å². The van der Waals surface area contributed by atoms with E-state index in [9.17, 15) is 0 Å². The molecule has 2 aromatic heterocycles. The van der Waals surface area contributed by atoms with Gasteiger partial charge < -0.3 is 4.74 Å². The third-order valence-electron chi connectivity index (χ3n) is 1.61. The monoisotopic (exact) mass is 210 g/mol. The normalized spacial score (nSPS) is 10.3. The lowest BCUT2D eigenvalue weighted by molar-refractivity contribution is 0.510. The van der Waals surface area contributed by atoms with Gasteiger partial charge >= 0.3 is 0 Å². The average Bonchev–Trinajstić information content (AvgIpc) is 2.62. The predicted molar refractivity (Wildman–Crippen MR) is 58.2 cm³/mol. The molecule has 0 bridgehead atoms. The van der Waals surface area contributed by atoms with E-state index in [1.54, 1.807) is 22.7 Å². The van der Waals surface area contributed by atoms with Crippen LogP contribution in [0.2, 0.25) is 0 Å². The molecule has 68 valence electrons. The molecule has 0 aliphatic carbocycles. The number of hydrogen-bond donors (Lipinski definition) is 0. The summed E-state index contributed by atoms with van der Waals surface area (Å²) in [6, 6.07) is 4.11. The van der Waals surface area contributed by atoms with Crippen molar-refractivity contribution in [1.82, 2.24) is 0 Å². The zero-order chi connectivity index (χ0) is 9.26. The first-order valence-corrected chi connectivity index (χ1v) is 5.78. The minimum absolute atomic E-state index is 0.972. The first-order valence-electron chi connectivity index (χ1n) is 4.02. The van der Waals surface area contributed by atoms with E-state index >= 15 is 0 Å². The molecule has 0 aliphatic heterocycles. The largest absolute Gasteiger partial charge is 0.436 e. The molecule has 0 unspecified atom stereocenters. The zero-order valence-electron chi connectivity index (χ0n) is 7.53. The molecule has 0 N–H and O–H groups in total. The van der Waals surface area contributed by atoms with Gasteiger partial charge in [-0.25, -0.2) is 0 Å². The molecule has 1 nitrogen and oxygen atoms in total. The van der Waals surface area contributed by atoms with Crippen LogP contribution >= 0.6 is 22.7 Å². The van der Waals surface area contributed by atoms with Crippen LogP contribution in [0.3, 0.4) is 0 Å². The standard InChI is InChI=1S/C10H10OS2/c1-7-3-9(12-5-7)11-10-4-8(2)6-13-10/h3-6H,1-2H3. The Morgan fingerprint density at radius 3 is 1.69 bits per heavy atom. The van der Waals surface area contributed by atoms with Gasteiger partial charge in [-0.2, -0.15) is 0 Å². The summed E-state index contributed by atoms with van der Waals surface area (Å²) in [7, 11) is 0. The molecule has 2 rings (SSSR count). The minimum Gasteiger partial charge on any atom is -0.436 e. The highest BCUT2D eigenvalue weighted by Crippen LogP contribution is 2.32. The molecule has 0 aliphatic rings. The fourth-order valence-corrected chi connectivity index (χ4v) is 2.59. The molecule has 13 heavy (non-hydrogen) atoms.